The fourth-order valence-electron chi connectivity index (χ4n) is 2.73. The van der Waals surface area contributed by atoms with Crippen LogP contribution in [0.25, 0.3) is 11.0 Å². The molecule has 0 radical (unpaired) electrons. The molecule has 0 saturated heterocycles. The fourth-order valence-corrected chi connectivity index (χ4v) is 5.08. The van der Waals surface area contributed by atoms with Crippen LogP contribution in [0.1, 0.15) is 18.4 Å². The van der Waals surface area contributed by atoms with Crippen molar-refractivity contribution in [1.29, 1.82) is 0 Å². The molecule has 1 fully saturated rings. The number of hydrogen-bond acceptors (Lipinski definition) is 5. The monoisotopic (exact) mass is 377 g/mol. The molecule has 1 aliphatic rings. The summed E-state index contributed by atoms with van der Waals surface area (Å²) in [4.78, 5) is 27.8. The van der Waals surface area contributed by atoms with Crippen LogP contribution in [0.5, 0.6) is 0 Å². The predicted octanol–water partition coefficient (Wildman–Crippen LogP) is 1.63. The lowest BCUT2D eigenvalue weighted by Crippen LogP contribution is -2.33. The topological polar surface area (TPSA) is 103 Å². The molecule has 7 nitrogen and oxygen atoms in total. The standard InChI is InChI=1S/C16H15N3O4S2/c20-15-16(21)18-14-7-12(3-4-13(14)17-15)25(22,23)19(11-1-2-11)8-10-5-6-24-9-10/h3-7,9,11H,1-2,8H2,(H,17,20)(H,18,21). The summed E-state index contributed by atoms with van der Waals surface area (Å²) in [6.45, 7) is 0.330. The van der Waals surface area contributed by atoms with Crippen LogP contribution in [0.15, 0.2) is 49.5 Å². The van der Waals surface area contributed by atoms with E-state index in [4.69, 9.17) is 0 Å². The third kappa shape index (κ3) is 3.06. The third-order valence-corrected chi connectivity index (χ3v) is 6.80. The Morgan fingerprint density at radius 1 is 1.08 bits per heavy atom. The van der Waals surface area contributed by atoms with Crippen molar-refractivity contribution in [2.24, 2.45) is 0 Å². The number of nitrogens with one attached hydrogen (secondary N) is 2. The molecule has 1 saturated carbocycles. The number of hydrogen-bond donors (Lipinski definition) is 2. The van der Waals surface area contributed by atoms with Crippen molar-refractivity contribution >= 4 is 32.4 Å². The van der Waals surface area contributed by atoms with E-state index in [1.54, 1.807) is 0 Å². The lowest BCUT2D eigenvalue weighted by atomic mass is 10.3. The second kappa shape index (κ2) is 5.94. The van der Waals surface area contributed by atoms with Crippen molar-refractivity contribution < 1.29 is 8.42 Å². The van der Waals surface area contributed by atoms with Gasteiger partial charge in [-0.2, -0.15) is 15.6 Å². The van der Waals surface area contributed by atoms with E-state index in [9.17, 15) is 18.0 Å². The average molecular weight is 377 g/mol. The number of aromatic amines is 2. The molecule has 1 aliphatic carbocycles. The highest BCUT2D eigenvalue weighted by Gasteiger charge is 2.38. The molecule has 9 heteroatoms. The Morgan fingerprint density at radius 2 is 1.80 bits per heavy atom. The SMILES string of the molecule is O=c1[nH]c2ccc(S(=O)(=O)N(Cc3ccsc3)C3CC3)cc2[nH]c1=O. The molecule has 0 atom stereocenters. The van der Waals surface area contributed by atoms with Gasteiger partial charge in [0.05, 0.1) is 15.9 Å². The predicted molar refractivity (Wildman–Crippen MR) is 95.3 cm³/mol. The number of rotatable bonds is 5. The van der Waals surface area contributed by atoms with Gasteiger partial charge in [0, 0.05) is 12.6 Å². The van der Waals surface area contributed by atoms with Crippen LogP contribution in [-0.2, 0) is 16.6 Å². The highest BCUT2D eigenvalue weighted by Crippen LogP contribution is 2.34. The molecule has 0 spiro atoms. The number of aromatic nitrogens is 2. The summed E-state index contributed by atoms with van der Waals surface area (Å²) in [5.74, 6) is 0. The normalized spacial score (nSPS) is 15.1. The van der Waals surface area contributed by atoms with E-state index < -0.39 is 21.1 Å². The van der Waals surface area contributed by atoms with Crippen LogP contribution in [-0.4, -0.2) is 28.7 Å². The molecular weight excluding hydrogens is 362 g/mol. The van der Waals surface area contributed by atoms with Crippen molar-refractivity contribution in [3.63, 3.8) is 0 Å². The summed E-state index contributed by atoms with van der Waals surface area (Å²) in [6, 6.07) is 6.27. The first-order valence-electron chi connectivity index (χ1n) is 7.74. The van der Waals surface area contributed by atoms with Crippen LogP contribution >= 0.6 is 11.3 Å². The first-order chi connectivity index (χ1) is 11.9. The van der Waals surface area contributed by atoms with E-state index >= 15 is 0 Å². The van der Waals surface area contributed by atoms with Crippen LogP contribution in [0, 0.1) is 0 Å². The zero-order chi connectivity index (χ0) is 17.6. The van der Waals surface area contributed by atoms with E-state index in [1.807, 2.05) is 16.8 Å². The second-order valence-corrected chi connectivity index (χ2v) is 8.70. The Labute approximate surface area is 147 Å². The van der Waals surface area contributed by atoms with Crippen molar-refractivity contribution in [2.45, 2.75) is 30.3 Å². The molecular formula is C16H15N3O4S2. The largest absolute Gasteiger partial charge is 0.316 e. The molecule has 4 rings (SSSR count). The summed E-state index contributed by atoms with van der Waals surface area (Å²) in [5.41, 5.74) is 0.0647. The summed E-state index contributed by atoms with van der Waals surface area (Å²) in [5, 5.41) is 3.86. The molecule has 25 heavy (non-hydrogen) atoms. The number of fused-ring (bicyclic) bond motifs is 1. The van der Waals surface area contributed by atoms with Gasteiger partial charge in [0.1, 0.15) is 0 Å². The number of H-pyrrole nitrogens is 2. The van der Waals surface area contributed by atoms with Gasteiger partial charge in [-0.25, -0.2) is 8.42 Å². The zero-order valence-electron chi connectivity index (χ0n) is 13.1. The van der Waals surface area contributed by atoms with Crippen LogP contribution < -0.4 is 11.1 Å². The zero-order valence-corrected chi connectivity index (χ0v) is 14.7. The van der Waals surface area contributed by atoms with Gasteiger partial charge in [0.15, 0.2) is 0 Å². The fraction of sp³-hybridized carbons (Fsp3) is 0.250. The van der Waals surface area contributed by atoms with Gasteiger partial charge in [-0.05, 0) is 53.4 Å². The summed E-state index contributed by atoms with van der Waals surface area (Å²) in [7, 11) is -3.70. The van der Waals surface area contributed by atoms with Crippen LogP contribution in [0.4, 0.5) is 0 Å². The molecule has 3 aromatic rings. The van der Waals surface area contributed by atoms with Gasteiger partial charge in [-0.3, -0.25) is 9.59 Å². The minimum absolute atomic E-state index is 0.00947. The Balaban J connectivity index is 1.77. The Hall–Kier alpha value is -2.23. The van der Waals surface area contributed by atoms with E-state index in [2.05, 4.69) is 9.97 Å². The van der Waals surface area contributed by atoms with Crippen molar-refractivity contribution in [3.05, 3.63) is 61.3 Å². The lowest BCUT2D eigenvalue weighted by molar-refractivity contribution is 0.399. The van der Waals surface area contributed by atoms with Crippen molar-refractivity contribution in [1.82, 2.24) is 14.3 Å². The van der Waals surface area contributed by atoms with Crippen LogP contribution in [0.3, 0.4) is 0 Å². The molecule has 1 aromatic carbocycles. The Kier molecular flexibility index (Phi) is 3.86. The number of sulfonamides is 1. The number of thiophene rings is 1. The minimum Gasteiger partial charge on any atom is -0.316 e. The molecule has 0 unspecified atom stereocenters. The van der Waals surface area contributed by atoms with Crippen LogP contribution in [0.2, 0.25) is 0 Å². The first kappa shape index (κ1) is 16.2. The summed E-state index contributed by atoms with van der Waals surface area (Å²) in [6.07, 6.45) is 1.70. The lowest BCUT2D eigenvalue weighted by Gasteiger charge is -2.21. The maximum atomic E-state index is 13.1. The molecule has 0 bridgehead atoms. The molecule has 2 aromatic heterocycles. The third-order valence-electron chi connectivity index (χ3n) is 4.17. The van der Waals surface area contributed by atoms with Gasteiger partial charge in [0.25, 0.3) is 0 Å². The maximum absolute atomic E-state index is 13.1. The highest BCUT2D eigenvalue weighted by atomic mass is 32.2. The highest BCUT2D eigenvalue weighted by molar-refractivity contribution is 7.89. The Morgan fingerprint density at radius 3 is 2.44 bits per heavy atom. The second-order valence-electron chi connectivity index (χ2n) is 6.03. The van der Waals surface area contributed by atoms with E-state index in [0.29, 0.717) is 12.1 Å². The number of benzene rings is 1. The Bertz CT molecular complexity index is 1140. The summed E-state index contributed by atoms with van der Waals surface area (Å²) >= 11 is 1.53. The van der Waals surface area contributed by atoms with Gasteiger partial charge in [-0.15, -0.1) is 0 Å². The van der Waals surface area contributed by atoms with E-state index in [0.717, 1.165) is 18.4 Å². The quantitative estimate of drug-likeness (QED) is 0.660. The van der Waals surface area contributed by atoms with E-state index in [1.165, 1.54) is 33.8 Å². The molecule has 0 aliphatic heterocycles. The molecule has 130 valence electrons. The van der Waals surface area contributed by atoms with Gasteiger partial charge in [0.2, 0.25) is 10.0 Å². The molecule has 2 N–H and O–H groups in total. The van der Waals surface area contributed by atoms with Gasteiger partial charge in [-0.1, -0.05) is 0 Å². The first-order valence-corrected chi connectivity index (χ1v) is 10.1. The van der Waals surface area contributed by atoms with E-state index in [-0.39, 0.29) is 16.5 Å². The van der Waals surface area contributed by atoms with Gasteiger partial charge >= 0.3 is 11.1 Å². The molecule has 0 amide bonds. The number of nitrogens with zero attached hydrogens (tertiary/aromatic N) is 1. The summed E-state index contributed by atoms with van der Waals surface area (Å²) < 4.78 is 27.7. The minimum atomic E-state index is -3.70. The van der Waals surface area contributed by atoms with Crippen molar-refractivity contribution in [3.8, 4) is 0 Å². The molecule has 2 heterocycles. The van der Waals surface area contributed by atoms with Crippen molar-refractivity contribution in [2.75, 3.05) is 0 Å². The average Bonchev–Trinajstić information content (AvgIpc) is 3.28. The van der Waals surface area contributed by atoms with Gasteiger partial charge < -0.3 is 9.97 Å². The maximum Gasteiger partial charge on any atom is 0.314 e. The smallest absolute Gasteiger partial charge is 0.314 e.